The second-order valence-corrected chi connectivity index (χ2v) is 3.14. The van der Waals surface area contributed by atoms with E-state index in [9.17, 15) is 0 Å². The van der Waals surface area contributed by atoms with Crippen LogP contribution in [0.2, 0.25) is 0 Å². The molecule has 0 aliphatic heterocycles. The fourth-order valence-electron chi connectivity index (χ4n) is 1.10. The zero-order chi connectivity index (χ0) is 7.98. The minimum absolute atomic E-state index is 0.260. The molecule has 0 aliphatic carbocycles. The Kier molecular flexibility index (Phi) is 5.64. The van der Waals surface area contributed by atoms with Gasteiger partial charge in [0.15, 0.2) is 0 Å². The van der Waals surface area contributed by atoms with Crippen LogP contribution >= 0.6 is 0 Å². The number of aliphatic hydroxyl groups is 2. The molecule has 0 amide bonds. The first-order valence-corrected chi connectivity index (χ1v) is 3.92. The molecule has 0 bridgehead atoms. The Hall–Kier alpha value is -0.0800. The lowest BCUT2D eigenvalue weighted by Crippen LogP contribution is -2.08. The Morgan fingerprint density at radius 3 is 2.10 bits per heavy atom. The van der Waals surface area contributed by atoms with Gasteiger partial charge in [-0.2, -0.15) is 0 Å². The third kappa shape index (κ3) is 4.77. The monoisotopic (exact) mass is 146 g/mol. The molecule has 10 heavy (non-hydrogen) atoms. The maximum Gasteiger partial charge on any atom is 0.0456 e. The fourth-order valence-corrected chi connectivity index (χ4v) is 1.10. The average Bonchev–Trinajstić information content (AvgIpc) is 1.88. The van der Waals surface area contributed by atoms with E-state index in [-0.39, 0.29) is 13.2 Å². The van der Waals surface area contributed by atoms with Crippen LogP contribution in [0.3, 0.4) is 0 Å². The van der Waals surface area contributed by atoms with Crippen LogP contribution in [0.25, 0.3) is 0 Å². The highest BCUT2D eigenvalue weighted by atomic mass is 16.3. The van der Waals surface area contributed by atoms with E-state index in [0.29, 0.717) is 11.8 Å². The first-order valence-electron chi connectivity index (χ1n) is 3.92. The lowest BCUT2D eigenvalue weighted by Gasteiger charge is -2.13. The second-order valence-electron chi connectivity index (χ2n) is 3.14. The molecule has 0 aromatic carbocycles. The highest BCUT2D eigenvalue weighted by molar-refractivity contribution is 4.57. The Morgan fingerprint density at radius 1 is 1.10 bits per heavy atom. The van der Waals surface area contributed by atoms with E-state index >= 15 is 0 Å². The van der Waals surface area contributed by atoms with Crippen molar-refractivity contribution >= 4 is 0 Å². The van der Waals surface area contributed by atoms with Crippen molar-refractivity contribution in [1.82, 2.24) is 0 Å². The van der Waals surface area contributed by atoms with Crippen LogP contribution in [0.1, 0.15) is 26.7 Å². The van der Waals surface area contributed by atoms with Crippen molar-refractivity contribution < 1.29 is 10.2 Å². The van der Waals surface area contributed by atoms with Gasteiger partial charge in [0.05, 0.1) is 0 Å². The van der Waals surface area contributed by atoms with Crippen LogP contribution in [0.4, 0.5) is 0 Å². The molecule has 0 aromatic heterocycles. The Morgan fingerprint density at radius 2 is 1.70 bits per heavy atom. The molecular formula is C8H18O2. The highest BCUT2D eigenvalue weighted by Gasteiger charge is 2.06. The Bertz CT molecular complexity index is 73.7. The molecule has 0 saturated carbocycles. The minimum atomic E-state index is 0.260. The molecule has 0 spiro atoms. The molecule has 0 fully saturated rings. The van der Waals surface area contributed by atoms with Crippen molar-refractivity contribution in [3.8, 4) is 0 Å². The van der Waals surface area contributed by atoms with Crippen molar-refractivity contribution in [2.75, 3.05) is 13.2 Å². The average molecular weight is 146 g/mol. The van der Waals surface area contributed by atoms with Crippen LogP contribution in [0, 0.1) is 11.8 Å². The van der Waals surface area contributed by atoms with E-state index in [1.807, 2.05) is 6.92 Å². The van der Waals surface area contributed by atoms with E-state index in [4.69, 9.17) is 10.2 Å². The van der Waals surface area contributed by atoms with Gasteiger partial charge in [-0.3, -0.25) is 0 Å². The molecule has 2 unspecified atom stereocenters. The van der Waals surface area contributed by atoms with Gasteiger partial charge >= 0.3 is 0 Å². The molecule has 0 aliphatic rings. The summed E-state index contributed by atoms with van der Waals surface area (Å²) in [6.45, 7) is 4.64. The van der Waals surface area contributed by atoms with E-state index in [1.165, 1.54) is 0 Å². The minimum Gasteiger partial charge on any atom is -0.396 e. The van der Waals surface area contributed by atoms with E-state index < -0.39 is 0 Å². The van der Waals surface area contributed by atoms with Gasteiger partial charge < -0.3 is 10.2 Å². The molecule has 2 N–H and O–H groups in total. The summed E-state index contributed by atoms with van der Waals surface area (Å²) in [5.41, 5.74) is 0. The first-order chi connectivity index (χ1) is 4.70. The summed E-state index contributed by atoms with van der Waals surface area (Å²) in [5, 5.41) is 17.2. The molecule has 2 atom stereocenters. The van der Waals surface area contributed by atoms with Crippen LogP contribution in [0.5, 0.6) is 0 Å². The predicted molar refractivity (Wildman–Crippen MR) is 41.7 cm³/mol. The standard InChI is InChI=1S/C8H18O2/c1-7(3-4-9)5-8(2)6-10/h7-10H,3-6H2,1-2H3. The zero-order valence-corrected chi connectivity index (χ0v) is 6.88. The molecule has 0 heterocycles. The summed E-state index contributed by atoms with van der Waals surface area (Å²) in [4.78, 5) is 0. The molecule has 2 nitrogen and oxygen atoms in total. The van der Waals surface area contributed by atoms with Gasteiger partial charge in [0.1, 0.15) is 0 Å². The molecule has 0 rings (SSSR count). The van der Waals surface area contributed by atoms with Crippen LogP contribution in [-0.4, -0.2) is 23.4 Å². The second kappa shape index (κ2) is 5.69. The van der Waals surface area contributed by atoms with Gasteiger partial charge in [-0.05, 0) is 24.7 Å². The van der Waals surface area contributed by atoms with Gasteiger partial charge in [0.2, 0.25) is 0 Å². The van der Waals surface area contributed by atoms with Crippen LogP contribution in [-0.2, 0) is 0 Å². The van der Waals surface area contributed by atoms with Crippen molar-refractivity contribution in [3.63, 3.8) is 0 Å². The molecule has 62 valence electrons. The van der Waals surface area contributed by atoms with E-state index in [2.05, 4.69) is 6.92 Å². The smallest absolute Gasteiger partial charge is 0.0456 e. The van der Waals surface area contributed by atoms with Crippen molar-refractivity contribution in [3.05, 3.63) is 0 Å². The predicted octanol–water partition coefficient (Wildman–Crippen LogP) is 1.02. The van der Waals surface area contributed by atoms with Crippen LogP contribution < -0.4 is 0 Å². The number of rotatable bonds is 5. The number of hydrogen-bond donors (Lipinski definition) is 2. The van der Waals surface area contributed by atoms with Crippen molar-refractivity contribution in [1.29, 1.82) is 0 Å². The van der Waals surface area contributed by atoms with E-state index in [0.717, 1.165) is 12.8 Å². The van der Waals surface area contributed by atoms with Gasteiger partial charge in [-0.25, -0.2) is 0 Å². The lowest BCUT2D eigenvalue weighted by atomic mass is 9.96. The van der Waals surface area contributed by atoms with Gasteiger partial charge in [-0.15, -0.1) is 0 Å². The Balaban J connectivity index is 3.27. The third-order valence-electron chi connectivity index (χ3n) is 1.74. The first kappa shape index (κ1) is 9.92. The number of aliphatic hydroxyl groups excluding tert-OH is 2. The maximum absolute atomic E-state index is 8.69. The lowest BCUT2D eigenvalue weighted by molar-refractivity contribution is 0.198. The summed E-state index contributed by atoms with van der Waals surface area (Å²) in [6.07, 6.45) is 1.86. The SMILES string of the molecule is CC(CO)CC(C)CCO. The topological polar surface area (TPSA) is 40.5 Å². The van der Waals surface area contributed by atoms with Crippen LogP contribution in [0.15, 0.2) is 0 Å². The third-order valence-corrected chi connectivity index (χ3v) is 1.74. The molecule has 2 heteroatoms. The van der Waals surface area contributed by atoms with Gasteiger partial charge in [0, 0.05) is 13.2 Å². The zero-order valence-electron chi connectivity index (χ0n) is 6.88. The van der Waals surface area contributed by atoms with E-state index in [1.54, 1.807) is 0 Å². The fraction of sp³-hybridized carbons (Fsp3) is 1.00. The normalized spacial score (nSPS) is 16.8. The summed E-state index contributed by atoms with van der Waals surface area (Å²) in [6, 6.07) is 0. The summed E-state index contributed by atoms with van der Waals surface area (Å²) in [5.74, 6) is 0.911. The van der Waals surface area contributed by atoms with Gasteiger partial charge in [0.25, 0.3) is 0 Å². The molecule has 0 radical (unpaired) electrons. The quantitative estimate of drug-likeness (QED) is 0.608. The molecule has 0 saturated heterocycles. The summed E-state index contributed by atoms with van der Waals surface area (Å²) < 4.78 is 0. The largest absolute Gasteiger partial charge is 0.396 e. The summed E-state index contributed by atoms with van der Waals surface area (Å²) >= 11 is 0. The summed E-state index contributed by atoms with van der Waals surface area (Å²) in [7, 11) is 0. The Labute approximate surface area is 62.9 Å². The maximum atomic E-state index is 8.69. The highest BCUT2D eigenvalue weighted by Crippen LogP contribution is 2.13. The number of hydrogen-bond acceptors (Lipinski definition) is 2. The van der Waals surface area contributed by atoms with Crippen molar-refractivity contribution in [2.45, 2.75) is 26.7 Å². The van der Waals surface area contributed by atoms with Gasteiger partial charge in [-0.1, -0.05) is 13.8 Å². The molecular weight excluding hydrogens is 128 g/mol. The van der Waals surface area contributed by atoms with Crippen molar-refractivity contribution in [2.24, 2.45) is 11.8 Å². The molecule has 0 aromatic rings.